The summed E-state index contributed by atoms with van der Waals surface area (Å²) in [5.41, 5.74) is 2.98. The second kappa shape index (κ2) is 11.0. The molecule has 0 saturated carbocycles. The summed E-state index contributed by atoms with van der Waals surface area (Å²) in [6.07, 6.45) is 0.931. The molecule has 0 aliphatic rings. The van der Waals surface area contributed by atoms with Gasteiger partial charge in [-0.3, -0.25) is 4.79 Å². The van der Waals surface area contributed by atoms with Gasteiger partial charge in [0.25, 0.3) is 0 Å². The number of carbonyl (C=O) groups is 1. The normalized spacial score (nSPS) is 10.6. The number of hydrogen-bond acceptors (Lipinski definition) is 4. The van der Waals surface area contributed by atoms with Crippen LogP contribution in [-0.2, 0) is 0 Å². The Morgan fingerprint density at radius 1 is 0.786 bits per heavy atom. The average molecular weight is 408 g/mol. The van der Waals surface area contributed by atoms with Crippen LogP contribution in [0.2, 0.25) is 0 Å². The Bertz CT molecular complexity index is 823. The lowest BCUT2D eigenvalue weighted by Gasteiger charge is -2.25. The Labute approximate surface area is 176 Å². The predicted molar refractivity (Wildman–Crippen MR) is 123 cm³/mol. The Morgan fingerprint density at radius 3 is 1.79 bits per heavy atom. The summed E-state index contributed by atoms with van der Waals surface area (Å²) in [7, 11) is 0. The van der Waals surface area contributed by atoms with Crippen LogP contribution in [0, 0.1) is 6.92 Å². The van der Waals surface area contributed by atoms with Gasteiger partial charge in [0, 0.05) is 45.6 Å². The van der Waals surface area contributed by atoms with E-state index in [1.165, 1.54) is 15.5 Å². The van der Waals surface area contributed by atoms with Crippen molar-refractivity contribution in [2.45, 2.75) is 16.7 Å². The molecule has 0 aliphatic carbocycles. The summed E-state index contributed by atoms with van der Waals surface area (Å²) in [5.74, 6) is 2.04. The van der Waals surface area contributed by atoms with E-state index >= 15 is 0 Å². The highest BCUT2D eigenvalue weighted by Gasteiger charge is 2.09. The zero-order valence-electron chi connectivity index (χ0n) is 16.1. The summed E-state index contributed by atoms with van der Waals surface area (Å²) in [6.45, 7) is 3.94. The van der Waals surface area contributed by atoms with Gasteiger partial charge < -0.3 is 4.90 Å². The molecule has 0 amide bonds. The van der Waals surface area contributed by atoms with Gasteiger partial charge in [-0.1, -0.05) is 36.4 Å². The number of aryl methyl sites for hydroxylation is 1. The second-order valence-corrected chi connectivity index (χ2v) is 8.81. The summed E-state index contributed by atoms with van der Waals surface area (Å²) < 4.78 is 0. The molecule has 0 N–H and O–H groups in total. The molecular formula is C24H25NOS2. The molecule has 0 aromatic heterocycles. The highest BCUT2D eigenvalue weighted by molar-refractivity contribution is 7.99. The van der Waals surface area contributed by atoms with Crippen LogP contribution < -0.4 is 4.90 Å². The minimum Gasteiger partial charge on any atom is -0.370 e. The largest absolute Gasteiger partial charge is 0.370 e. The minimum atomic E-state index is 0.765. The van der Waals surface area contributed by atoms with E-state index in [2.05, 4.69) is 77.7 Å². The molecule has 2 nitrogen and oxygen atoms in total. The topological polar surface area (TPSA) is 20.3 Å². The van der Waals surface area contributed by atoms with Crippen LogP contribution in [0.5, 0.6) is 0 Å². The number of rotatable bonds is 10. The van der Waals surface area contributed by atoms with E-state index in [0.717, 1.165) is 42.0 Å². The number of thioether (sulfide) groups is 2. The first-order valence-corrected chi connectivity index (χ1v) is 11.4. The lowest BCUT2D eigenvalue weighted by molar-refractivity contribution is 0.112. The zero-order valence-corrected chi connectivity index (χ0v) is 17.7. The van der Waals surface area contributed by atoms with E-state index in [1.807, 2.05) is 36.5 Å². The molecule has 0 unspecified atom stereocenters. The van der Waals surface area contributed by atoms with Gasteiger partial charge in [0.15, 0.2) is 0 Å². The maximum absolute atomic E-state index is 11.1. The minimum absolute atomic E-state index is 0.765. The number of hydrogen-bond donors (Lipinski definition) is 0. The predicted octanol–water partition coefficient (Wildman–Crippen LogP) is 6.20. The molecule has 4 heteroatoms. The summed E-state index contributed by atoms with van der Waals surface area (Å²) in [4.78, 5) is 16.2. The summed E-state index contributed by atoms with van der Waals surface area (Å²) >= 11 is 3.76. The van der Waals surface area contributed by atoms with E-state index in [9.17, 15) is 4.79 Å². The van der Waals surface area contributed by atoms with Gasteiger partial charge in [0.1, 0.15) is 6.29 Å². The van der Waals surface area contributed by atoms with Gasteiger partial charge >= 0.3 is 0 Å². The fourth-order valence-electron chi connectivity index (χ4n) is 2.94. The van der Waals surface area contributed by atoms with Crippen molar-refractivity contribution in [3.8, 4) is 0 Å². The van der Waals surface area contributed by atoms with E-state index in [-0.39, 0.29) is 0 Å². The van der Waals surface area contributed by atoms with Crippen molar-refractivity contribution in [2.75, 3.05) is 29.5 Å². The van der Waals surface area contributed by atoms with Crippen LogP contribution in [0.15, 0.2) is 88.7 Å². The van der Waals surface area contributed by atoms with Crippen LogP contribution in [0.1, 0.15) is 15.9 Å². The third-order valence-electron chi connectivity index (χ3n) is 4.49. The molecule has 0 fully saturated rings. The standard InChI is InChI=1S/C24H25NOS2/c1-20-18-22(13-12-21(20)19-26)25(14-16-27-23-8-4-2-5-9-23)15-17-28-24-10-6-3-7-11-24/h2-13,18-19H,14-17H2,1H3. The Hall–Kier alpha value is -2.17. The third kappa shape index (κ3) is 6.18. The molecule has 3 rings (SSSR count). The van der Waals surface area contributed by atoms with Gasteiger partial charge in [0.2, 0.25) is 0 Å². The van der Waals surface area contributed by atoms with Crippen LogP contribution in [0.25, 0.3) is 0 Å². The molecule has 0 saturated heterocycles. The van der Waals surface area contributed by atoms with Crippen molar-refractivity contribution < 1.29 is 4.79 Å². The van der Waals surface area contributed by atoms with Gasteiger partial charge in [-0.25, -0.2) is 0 Å². The van der Waals surface area contributed by atoms with Crippen molar-refractivity contribution in [3.05, 3.63) is 90.0 Å². The van der Waals surface area contributed by atoms with Crippen LogP contribution in [0.3, 0.4) is 0 Å². The molecule has 144 valence electrons. The molecule has 3 aromatic rings. The molecule has 0 aliphatic heterocycles. The molecule has 0 spiro atoms. The van der Waals surface area contributed by atoms with Crippen molar-refractivity contribution in [3.63, 3.8) is 0 Å². The SMILES string of the molecule is Cc1cc(N(CCSc2ccccc2)CCSc2ccccc2)ccc1C=O. The molecule has 0 heterocycles. The van der Waals surface area contributed by atoms with E-state index in [0.29, 0.717) is 0 Å². The number of aldehydes is 1. The Morgan fingerprint density at radius 2 is 1.32 bits per heavy atom. The number of anilines is 1. The Kier molecular flexibility index (Phi) is 8.07. The van der Waals surface area contributed by atoms with E-state index < -0.39 is 0 Å². The fraction of sp³-hybridized carbons (Fsp3) is 0.208. The van der Waals surface area contributed by atoms with Gasteiger partial charge in [-0.15, -0.1) is 23.5 Å². The van der Waals surface area contributed by atoms with Crippen LogP contribution in [0.4, 0.5) is 5.69 Å². The van der Waals surface area contributed by atoms with Crippen molar-refractivity contribution in [1.82, 2.24) is 0 Å². The first-order valence-electron chi connectivity index (χ1n) is 9.43. The number of nitrogens with zero attached hydrogens (tertiary/aromatic N) is 1. The molecule has 0 radical (unpaired) electrons. The highest BCUT2D eigenvalue weighted by atomic mass is 32.2. The van der Waals surface area contributed by atoms with E-state index in [4.69, 9.17) is 0 Å². The molecule has 28 heavy (non-hydrogen) atoms. The van der Waals surface area contributed by atoms with Gasteiger partial charge in [-0.2, -0.15) is 0 Å². The lowest BCUT2D eigenvalue weighted by atomic mass is 10.1. The molecule has 0 atom stereocenters. The smallest absolute Gasteiger partial charge is 0.150 e. The number of benzene rings is 3. The van der Waals surface area contributed by atoms with Gasteiger partial charge in [0.05, 0.1) is 0 Å². The number of carbonyl (C=O) groups excluding carboxylic acids is 1. The quantitative estimate of drug-likeness (QED) is 0.294. The first-order chi connectivity index (χ1) is 13.8. The first kappa shape index (κ1) is 20.6. The summed E-state index contributed by atoms with van der Waals surface area (Å²) in [6, 6.07) is 27.2. The Balaban J connectivity index is 1.64. The maximum atomic E-state index is 11.1. The molecular weight excluding hydrogens is 382 g/mol. The average Bonchev–Trinajstić information content (AvgIpc) is 2.74. The zero-order chi connectivity index (χ0) is 19.6. The van der Waals surface area contributed by atoms with Crippen molar-refractivity contribution in [2.24, 2.45) is 0 Å². The third-order valence-corrected chi connectivity index (χ3v) is 6.48. The fourth-order valence-corrected chi connectivity index (χ4v) is 4.73. The van der Waals surface area contributed by atoms with Crippen molar-refractivity contribution in [1.29, 1.82) is 0 Å². The molecule has 3 aromatic carbocycles. The van der Waals surface area contributed by atoms with E-state index in [1.54, 1.807) is 0 Å². The second-order valence-electron chi connectivity index (χ2n) is 6.47. The molecule has 0 bridgehead atoms. The summed E-state index contributed by atoms with van der Waals surface area (Å²) in [5, 5.41) is 0. The van der Waals surface area contributed by atoms with Crippen molar-refractivity contribution >= 4 is 35.5 Å². The monoisotopic (exact) mass is 407 g/mol. The maximum Gasteiger partial charge on any atom is 0.150 e. The van der Waals surface area contributed by atoms with Crippen LogP contribution in [-0.4, -0.2) is 30.9 Å². The van der Waals surface area contributed by atoms with Gasteiger partial charge in [-0.05, 0) is 55.0 Å². The van der Waals surface area contributed by atoms with Crippen LogP contribution >= 0.6 is 23.5 Å². The highest BCUT2D eigenvalue weighted by Crippen LogP contribution is 2.23. The lowest BCUT2D eigenvalue weighted by Crippen LogP contribution is -2.28.